The summed E-state index contributed by atoms with van der Waals surface area (Å²) in [5.41, 5.74) is -0.0795. The molecule has 0 atom stereocenters. The summed E-state index contributed by atoms with van der Waals surface area (Å²) in [7, 11) is 3.31. The van der Waals surface area contributed by atoms with Crippen LogP contribution in [0.5, 0.6) is 5.75 Å². The van der Waals surface area contributed by atoms with Crippen LogP contribution in [0.15, 0.2) is 6.20 Å². The van der Waals surface area contributed by atoms with Crippen LogP contribution in [-0.2, 0) is 11.8 Å². The predicted molar refractivity (Wildman–Crippen MR) is 70.6 cm³/mol. The molecule has 0 spiro atoms. The van der Waals surface area contributed by atoms with E-state index in [0.717, 1.165) is 13.1 Å². The van der Waals surface area contributed by atoms with Crippen LogP contribution in [0, 0.1) is 0 Å². The fourth-order valence-corrected chi connectivity index (χ4v) is 2.38. The summed E-state index contributed by atoms with van der Waals surface area (Å²) in [4.78, 5) is 14.9. The maximum absolute atomic E-state index is 12.8. The highest BCUT2D eigenvalue weighted by molar-refractivity contribution is 6.03. The summed E-state index contributed by atoms with van der Waals surface area (Å²) in [6.45, 7) is 6.73. The Balaban J connectivity index is 2.28. The first-order valence-electron chi connectivity index (χ1n) is 6.42. The Morgan fingerprint density at radius 1 is 1.42 bits per heavy atom. The summed E-state index contributed by atoms with van der Waals surface area (Å²) >= 11 is 0. The zero-order valence-electron chi connectivity index (χ0n) is 12.0. The zero-order valence-corrected chi connectivity index (χ0v) is 12.0. The van der Waals surface area contributed by atoms with Crippen LogP contribution in [-0.4, -0.2) is 59.4 Å². The Hall–Kier alpha value is -1.40. The smallest absolute Gasteiger partial charge is 0.204 e. The molecule has 19 heavy (non-hydrogen) atoms. The van der Waals surface area contributed by atoms with Crippen molar-refractivity contribution in [3.8, 4) is 5.75 Å². The van der Waals surface area contributed by atoms with Gasteiger partial charge in [0.1, 0.15) is 5.69 Å². The fourth-order valence-electron chi connectivity index (χ4n) is 2.38. The number of aryl methyl sites for hydroxylation is 1. The van der Waals surface area contributed by atoms with Crippen molar-refractivity contribution in [2.75, 3.05) is 33.4 Å². The van der Waals surface area contributed by atoms with E-state index in [9.17, 15) is 4.79 Å². The van der Waals surface area contributed by atoms with E-state index in [1.54, 1.807) is 25.0 Å². The van der Waals surface area contributed by atoms with Crippen LogP contribution in [0.2, 0.25) is 0 Å². The second kappa shape index (κ2) is 5.30. The Bertz CT molecular complexity index is 462. The number of ketones is 1. The number of hydrogen-bond donors (Lipinski definition) is 0. The Kier molecular flexibility index (Phi) is 3.91. The highest BCUT2D eigenvalue weighted by Gasteiger charge is 2.38. The van der Waals surface area contributed by atoms with Gasteiger partial charge in [0.2, 0.25) is 5.78 Å². The Labute approximate surface area is 113 Å². The number of carbonyl (C=O) groups is 1. The van der Waals surface area contributed by atoms with Crippen molar-refractivity contribution >= 4 is 5.78 Å². The number of methoxy groups -OCH3 is 1. The number of nitrogens with zero attached hydrogens (tertiary/aromatic N) is 3. The third-order valence-corrected chi connectivity index (χ3v) is 3.70. The summed E-state index contributed by atoms with van der Waals surface area (Å²) in [5.74, 6) is 0.542. The highest BCUT2D eigenvalue weighted by Crippen LogP contribution is 2.26. The first-order valence-corrected chi connectivity index (χ1v) is 6.42. The average molecular weight is 267 g/mol. The largest absolute Gasteiger partial charge is 0.493 e. The van der Waals surface area contributed by atoms with Gasteiger partial charge >= 0.3 is 0 Å². The lowest BCUT2D eigenvalue weighted by molar-refractivity contribution is -0.00470. The molecular formula is C13H21N3O3. The van der Waals surface area contributed by atoms with Crippen LogP contribution >= 0.6 is 0 Å². The third kappa shape index (κ3) is 2.50. The van der Waals surface area contributed by atoms with Gasteiger partial charge in [0.25, 0.3) is 0 Å². The molecule has 1 aliphatic heterocycles. The minimum absolute atomic E-state index is 0.0197. The minimum atomic E-state index is -0.592. The maximum Gasteiger partial charge on any atom is 0.204 e. The van der Waals surface area contributed by atoms with Gasteiger partial charge < -0.3 is 9.47 Å². The monoisotopic (exact) mass is 267 g/mol. The van der Waals surface area contributed by atoms with E-state index >= 15 is 0 Å². The SMILES string of the molecule is COc1cnn(C)c1C(=O)C(C)(C)N1CCOCC1. The first kappa shape index (κ1) is 14.0. The molecule has 2 rings (SSSR count). The molecule has 6 nitrogen and oxygen atoms in total. The number of rotatable bonds is 4. The molecule has 0 N–H and O–H groups in total. The van der Waals surface area contributed by atoms with E-state index in [4.69, 9.17) is 9.47 Å². The van der Waals surface area contributed by atoms with Crippen LogP contribution < -0.4 is 4.74 Å². The molecule has 0 radical (unpaired) electrons. The second-order valence-corrected chi connectivity index (χ2v) is 5.17. The first-order chi connectivity index (χ1) is 8.98. The van der Waals surface area contributed by atoms with Crippen LogP contribution in [0.4, 0.5) is 0 Å². The van der Waals surface area contributed by atoms with Crippen molar-refractivity contribution in [2.24, 2.45) is 7.05 Å². The standard InChI is InChI=1S/C13H21N3O3/c1-13(2,16-5-7-19-8-6-16)12(17)11-10(18-4)9-14-15(11)3/h9H,5-8H2,1-4H3. The lowest BCUT2D eigenvalue weighted by Crippen LogP contribution is -2.54. The fraction of sp³-hybridized carbons (Fsp3) is 0.692. The van der Waals surface area contributed by atoms with Gasteiger partial charge in [0, 0.05) is 20.1 Å². The lowest BCUT2D eigenvalue weighted by atomic mass is 9.93. The van der Waals surface area contributed by atoms with E-state index in [0.29, 0.717) is 24.7 Å². The van der Waals surface area contributed by atoms with Crippen molar-refractivity contribution in [1.29, 1.82) is 0 Å². The molecule has 0 bridgehead atoms. The highest BCUT2D eigenvalue weighted by atomic mass is 16.5. The van der Waals surface area contributed by atoms with E-state index in [1.807, 2.05) is 13.8 Å². The Morgan fingerprint density at radius 3 is 2.63 bits per heavy atom. The summed E-state index contributed by atoms with van der Waals surface area (Å²) < 4.78 is 12.1. The Morgan fingerprint density at radius 2 is 2.05 bits per heavy atom. The normalized spacial score (nSPS) is 17.5. The van der Waals surface area contributed by atoms with Gasteiger partial charge in [-0.05, 0) is 13.8 Å². The van der Waals surface area contributed by atoms with Gasteiger partial charge in [0.15, 0.2) is 5.75 Å². The molecule has 0 aliphatic carbocycles. The van der Waals surface area contributed by atoms with Crippen molar-refractivity contribution < 1.29 is 14.3 Å². The van der Waals surface area contributed by atoms with E-state index < -0.39 is 5.54 Å². The summed E-state index contributed by atoms with van der Waals surface area (Å²) in [5, 5.41) is 4.09. The van der Waals surface area contributed by atoms with Gasteiger partial charge in [-0.2, -0.15) is 5.10 Å². The quantitative estimate of drug-likeness (QED) is 0.752. The number of aromatic nitrogens is 2. The van der Waals surface area contributed by atoms with Gasteiger partial charge in [-0.15, -0.1) is 0 Å². The van der Waals surface area contributed by atoms with Crippen molar-refractivity contribution in [2.45, 2.75) is 19.4 Å². The van der Waals surface area contributed by atoms with E-state index in [1.165, 1.54) is 0 Å². The topological polar surface area (TPSA) is 56.6 Å². The summed E-state index contributed by atoms with van der Waals surface area (Å²) in [6.07, 6.45) is 1.57. The second-order valence-electron chi connectivity index (χ2n) is 5.17. The average Bonchev–Trinajstić information content (AvgIpc) is 2.79. The van der Waals surface area contributed by atoms with Crippen molar-refractivity contribution in [3.63, 3.8) is 0 Å². The number of morpholine rings is 1. The van der Waals surface area contributed by atoms with Crippen LogP contribution in [0.3, 0.4) is 0 Å². The zero-order chi connectivity index (χ0) is 14.0. The molecule has 0 aromatic carbocycles. The third-order valence-electron chi connectivity index (χ3n) is 3.70. The molecule has 0 amide bonds. The molecule has 0 saturated carbocycles. The van der Waals surface area contributed by atoms with Gasteiger partial charge in [0.05, 0.1) is 32.1 Å². The molecule has 6 heteroatoms. The van der Waals surface area contributed by atoms with E-state index in [2.05, 4.69) is 10.00 Å². The molecular weight excluding hydrogens is 246 g/mol. The molecule has 1 aliphatic rings. The molecule has 1 fully saturated rings. The maximum atomic E-state index is 12.8. The van der Waals surface area contributed by atoms with Gasteiger partial charge in [-0.1, -0.05) is 0 Å². The number of hydrogen-bond acceptors (Lipinski definition) is 5. The molecule has 1 aromatic rings. The van der Waals surface area contributed by atoms with Crippen LogP contribution in [0.25, 0.3) is 0 Å². The molecule has 1 saturated heterocycles. The van der Waals surface area contributed by atoms with Crippen molar-refractivity contribution in [3.05, 3.63) is 11.9 Å². The minimum Gasteiger partial charge on any atom is -0.493 e. The van der Waals surface area contributed by atoms with Crippen molar-refractivity contribution in [1.82, 2.24) is 14.7 Å². The lowest BCUT2D eigenvalue weighted by Gasteiger charge is -2.39. The molecule has 2 heterocycles. The summed E-state index contributed by atoms with van der Waals surface area (Å²) in [6, 6.07) is 0. The van der Waals surface area contributed by atoms with Crippen LogP contribution in [0.1, 0.15) is 24.3 Å². The van der Waals surface area contributed by atoms with Gasteiger partial charge in [-0.3, -0.25) is 14.4 Å². The predicted octanol–water partition coefficient (Wildman–Crippen LogP) is 0.722. The number of ether oxygens (including phenoxy) is 2. The molecule has 106 valence electrons. The number of carbonyl (C=O) groups excluding carboxylic acids is 1. The molecule has 1 aromatic heterocycles. The number of Topliss-reactive ketones (excluding diaryl/α,β-unsaturated/α-hetero) is 1. The van der Waals surface area contributed by atoms with Gasteiger partial charge in [-0.25, -0.2) is 0 Å². The molecule has 0 unspecified atom stereocenters. The van der Waals surface area contributed by atoms with E-state index in [-0.39, 0.29) is 5.78 Å².